The molecule has 1 aromatic carbocycles. The molecule has 7 heteroatoms. The van der Waals surface area contributed by atoms with Gasteiger partial charge in [-0.1, -0.05) is 29.5 Å². The molecule has 2 aromatic heterocycles. The molecule has 0 spiro atoms. The van der Waals surface area contributed by atoms with Crippen LogP contribution in [-0.2, 0) is 4.79 Å². The highest BCUT2D eigenvalue weighted by Gasteiger charge is 2.21. The van der Waals surface area contributed by atoms with Crippen LogP contribution in [0.5, 0.6) is 0 Å². The fraction of sp³-hybridized carbons (Fsp3) is 0.350. The Morgan fingerprint density at radius 3 is 2.59 bits per heavy atom. The van der Waals surface area contributed by atoms with Gasteiger partial charge in [-0.25, -0.2) is 0 Å². The number of benzene rings is 1. The first-order chi connectivity index (χ1) is 13.2. The van der Waals surface area contributed by atoms with Crippen LogP contribution < -0.4 is 0 Å². The van der Waals surface area contributed by atoms with Gasteiger partial charge in [0, 0.05) is 18.8 Å². The molecule has 0 atom stereocenters. The number of hydrogen-bond donors (Lipinski definition) is 0. The molecule has 0 N–H and O–H groups in total. The molecule has 27 heavy (non-hydrogen) atoms. The average molecular weight is 382 g/mol. The van der Waals surface area contributed by atoms with Crippen molar-refractivity contribution in [3.8, 4) is 17.3 Å². The summed E-state index contributed by atoms with van der Waals surface area (Å²) in [6.45, 7) is 3.78. The predicted octanol–water partition coefficient (Wildman–Crippen LogP) is 3.94. The Labute approximate surface area is 162 Å². The Hall–Kier alpha value is -2.54. The van der Waals surface area contributed by atoms with Gasteiger partial charge in [-0.15, -0.1) is 10.2 Å². The summed E-state index contributed by atoms with van der Waals surface area (Å²) in [5.74, 6) is 1.81. The van der Waals surface area contributed by atoms with Crippen LogP contribution in [0.2, 0.25) is 0 Å². The number of aromatic nitrogens is 3. The normalized spacial score (nSPS) is 14.5. The SMILES string of the molecule is Cc1ccc(-n2c(SCC(=O)N3CCCCC3)nnc2-c2ccco2)cc1. The molecular weight excluding hydrogens is 360 g/mol. The molecule has 4 rings (SSSR count). The van der Waals surface area contributed by atoms with E-state index in [1.54, 1.807) is 6.26 Å². The van der Waals surface area contributed by atoms with Crippen molar-refractivity contribution in [3.63, 3.8) is 0 Å². The van der Waals surface area contributed by atoms with Gasteiger partial charge in [0.05, 0.1) is 12.0 Å². The summed E-state index contributed by atoms with van der Waals surface area (Å²) >= 11 is 1.42. The maximum Gasteiger partial charge on any atom is 0.233 e. The summed E-state index contributed by atoms with van der Waals surface area (Å²) in [5, 5.41) is 9.34. The van der Waals surface area contributed by atoms with Crippen molar-refractivity contribution >= 4 is 17.7 Å². The van der Waals surface area contributed by atoms with Crippen LogP contribution in [0.25, 0.3) is 17.3 Å². The lowest BCUT2D eigenvalue weighted by molar-refractivity contribution is -0.129. The summed E-state index contributed by atoms with van der Waals surface area (Å²) < 4.78 is 7.48. The van der Waals surface area contributed by atoms with E-state index in [1.165, 1.54) is 23.7 Å². The van der Waals surface area contributed by atoms with Crippen molar-refractivity contribution in [2.45, 2.75) is 31.3 Å². The summed E-state index contributed by atoms with van der Waals surface area (Å²) in [5.41, 5.74) is 2.13. The maximum absolute atomic E-state index is 12.5. The van der Waals surface area contributed by atoms with Gasteiger partial charge < -0.3 is 9.32 Å². The topological polar surface area (TPSA) is 64.2 Å². The van der Waals surface area contributed by atoms with Crippen LogP contribution in [-0.4, -0.2) is 44.4 Å². The second-order valence-corrected chi connectivity index (χ2v) is 7.63. The third kappa shape index (κ3) is 3.93. The third-order valence-electron chi connectivity index (χ3n) is 4.70. The van der Waals surface area contributed by atoms with Crippen LogP contribution in [0.3, 0.4) is 0 Å². The number of piperidine rings is 1. The zero-order valence-corrected chi connectivity index (χ0v) is 16.1. The standard InChI is InChI=1S/C20H22N4O2S/c1-15-7-9-16(10-8-15)24-19(17-6-5-13-26-17)21-22-20(24)27-14-18(25)23-11-3-2-4-12-23/h5-10,13H,2-4,11-12,14H2,1H3. The van der Waals surface area contributed by atoms with Gasteiger partial charge in [0.1, 0.15) is 0 Å². The lowest BCUT2D eigenvalue weighted by Gasteiger charge is -2.26. The van der Waals surface area contributed by atoms with Crippen molar-refractivity contribution in [1.82, 2.24) is 19.7 Å². The number of furan rings is 1. The molecule has 140 valence electrons. The zero-order valence-electron chi connectivity index (χ0n) is 15.3. The fourth-order valence-electron chi connectivity index (χ4n) is 3.22. The number of carbonyl (C=O) groups is 1. The molecule has 1 aliphatic rings. The van der Waals surface area contributed by atoms with E-state index in [0.717, 1.165) is 31.6 Å². The second-order valence-electron chi connectivity index (χ2n) is 6.68. The Balaban J connectivity index is 1.60. The molecule has 3 aromatic rings. The first kappa shape index (κ1) is 17.9. The van der Waals surface area contributed by atoms with E-state index in [0.29, 0.717) is 22.5 Å². The highest BCUT2D eigenvalue weighted by molar-refractivity contribution is 7.99. The number of rotatable bonds is 5. The Kier molecular flexibility index (Phi) is 5.29. The minimum atomic E-state index is 0.165. The van der Waals surface area contributed by atoms with Gasteiger partial charge >= 0.3 is 0 Å². The Morgan fingerprint density at radius 1 is 1.11 bits per heavy atom. The van der Waals surface area contributed by atoms with E-state index in [4.69, 9.17) is 4.42 Å². The smallest absolute Gasteiger partial charge is 0.233 e. The Morgan fingerprint density at radius 2 is 1.89 bits per heavy atom. The van der Waals surface area contributed by atoms with Crippen LogP contribution in [0, 0.1) is 6.92 Å². The molecule has 1 fully saturated rings. The maximum atomic E-state index is 12.5. The molecule has 1 amide bonds. The number of nitrogens with zero attached hydrogens (tertiary/aromatic N) is 4. The quantitative estimate of drug-likeness (QED) is 0.626. The fourth-order valence-corrected chi connectivity index (χ4v) is 4.07. The summed E-state index contributed by atoms with van der Waals surface area (Å²) in [6.07, 6.45) is 5.03. The first-order valence-electron chi connectivity index (χ1n) is 9.19. The molecule has 0 bridgehead atoms. The molecule has 1 aliphatic heterocycles. The van der Waals surface area contributed by atoms with Gasteiger partial charge in [0.2, 0.25) is 11.7 Å². The van der Waals surface area contributed by atoms with Crippen LogP contribution in [0.1, 0.15) is 24.8 Å². The molecule has 1 saturated heterocycles. The summed E-state index contributed by atoms with van der Waals surface area (Å²) in [7, 11) is 0. The number of hydrogen-bond acceptors (Lipinski definition) is 5. The largest absolute Gasteiger partial charge is 0.461 e. The van der Waals surface area contributed by atoms with Gasteiger partial charge in [-0.2, -0.15) is 0 Å². The van der Waals surface area contributed by atoms with Crippen molar-refractivity contribution in [3.05, 3.63) is 48.2 Å². The first-order valence-corrected chi connectivity index (χ1v) is 10.2. The van der Waals surface area contributed by atoms with E-state index in [1.807, 2.05) is 33.7 Å². The number of aryl methyl sites for hydroxylation is 1. The van der Waals surface area contributed by atoms with Crippen molar-refractivity contribution < 1.29 is 9.21 Å². The van der Waals surface area contributed by atoms with Crippen molar-refractivity contribution in [2.75, 3.05) is 18.8 Å². The van der Waals surface area contributed by atoms with Gasteiger partial charge in [0.15, 0.2) is 10.9 Å². The average Bonchev–Trinajstić information content (AvgIpc) is 3.37. The molecule has 3 heterocycles. The lowest BCUT2D eigenvalue weighted by Crippen LogP contribution is -2.36. The molecule has 0 saturated carbocycles. The highest BCUT2D eigenvalue weighted by Crippen LogP contribution is 2.28. The molecule has 0 radical (unpaired) electrons. The number of carbonyl (C=O) groups excluding carboxylic acids is 1. The van der Waals surface area contributed by atoms with Gasteiger partial charge in [0.25, 0.3) is 0 Å². The molecular formula is C20H22N4O2S. The molecule has 6 nitrogen and oxygen atoms in total. The van der Waals surface area contributed by atoms with Gasteiger partial charge in [-0.05, 0) is 50.5 Å². The van der Waals surface area contributed by atoms with E-state index in [-0.39, 0.29) is 5.91 Å². The Bertz CT molecular complexity index is 897. The minimum Gasteiger partial charge on any atom is -0.461 e. The number of amides is 1. The highest BCUT2D eigenvalue weighted by atomic mass is 32.2. The van der Waals surface area contributed by atoms with E-state index in [9.17, 15) is 4.79 Å². The predicted molar refractivity (Wildman–Crippen MR) is 105 cm³/mol. The number of thioether (sulfide) groups is 1. The summed E-state index contributed by atoms with van der Waals surface area (Å²) in [4.78, 5) is 14.5. The third-order valence-corrected chi connectivity index (χ3v) is 5.61. The summed E-state index contributed by atoms with van der Waals surface area (Å²) in [6, 6.07) is 11.9. The van der Waals surface area contributed by atoms with Crippen LogP contribution in [0.4, 0.5) is 0 Å². The zero-order chi connectivity index (χ0) is 18.6. The van der Waals surface area contributed by atoms with Crippen LogP contribution >= 0.6 is 11.8 Å². The van der Waals surface area contributed by atoms with Crippen LogP contribution in [0.15, 0.2) is 52.2 Å². The van der Waals surface area contributed by atoms with E-state index >= 15 is 0 Å². The number of likely N-dealkylation sites (tertiary alicyclic amines) is 1. The van der Waals surface area contributed by atoms with Crippen molar-refractivity contribution in [1.29, 1.82) is 0 Å². The minimum absolute atomic E-state index is 0.165. The van der Waals surface area contributed by atoms with Crippen molar-refractivity contribution in [2.24, 2.45) is 0 Å². The lowest BCUT2D eigenvalue weighted by atomic mass is 10.1. The second kappa shape index (κ2) is 8.00. The van der Waals surface area contributed by atoms with E-state index < -0.39 is 0 Å². The molecule has 0 unspecified atom stereocenters. The monoisotopic (exact) mass is 382 g/mol. The van der Waals surface area contributed by atoms with E-state index in [2.05, 4.69) is 29.3 Å². The molecule has 0 aliphatic carbocycles. The van der Waals surface area contributed by atoms with Gasteiger partial charge in [-0.3, -0.25) is 9.36 Å².